The number of aromatic nitrogens is 3. The molecular weight excluding hydrogens is 320 g/mol. The van der Waals surface area contributed by atoms with Crippen molar-refractivity contribution in [2.75, 3.05) is 6.54 Å². The highest BCUT2D eigenvalue weighted by atomic mass is 32.1. The average Bonchev–Trinajstić information content (AvgIpc) is 3.35. The van der Waals surface area contributed by atoms with Crippen molar-refractivity contribution in [2.45, 2.75) is 25.8 Å². The number of nitrogens with zero attached hydrogens (tertiary/aromatic N) is 3. The minimum Gasteiger partial charge on any atom is -0.357 e. The summed E-state index contributed by atoms with van der Waals surface area (Å²) in [7, 11) is 0. The first kappa shape index (κ1) is 15.1. The molecule has 1 fully saturated rings. The van der Waals surface area contributed by atoms with Crippen molar-refractivity contribution in [3.8, 4) is 11.3 Å². The van der Waals surface area contributed by atoms with Crippen molar-refractivity contribution in [3.63, 3.8) is 0 Å². The number of carbonyl (C=O) groups is 1. The Hall–Kier alpha value is -2.47. The van der Waals surface area contributed by atoms with Crippen molar-refractivity contribution in [1.29, 1.82) is 0 Å². The second-order valence-corrected chi connectivity index (χ2v) is 7.03. The van der Waals surface area contributed by atoms with Crippen LogP contribution in [0.1, 0.15) is 40.1 Å². The Kier molecular flexibility index (Phi) is 3.90. The van der Waals surface area contributed by atoms with Gasteiger partial charge in [-0.3, -0.25) is 9.78 Å². The Labute approximate surface area is 144 Å². The third-order valence-electron chi connectivity index (χ3n) is 4.37. The summed E-state index contributed by atoms with van der Waals surface area (Å²) in [6, 6.07) is 7.82. The molecule has 0 aromatic carbocycles. The van der Waals surface area contributed by atoms with Crippen LogP contribution < -0.4 is 0 Å². The smallest absolute Gasteiger partial charge is 0.270 e. The SMILES string of the molecule is Cc1nc(-c2c[nH]c(C(=O)N3CCC[C@H]3c3ccccn3)c2)cs1. The molecular formula is C18H18N4OS. The first-order valence-corrected chi connectivity index (χ1v) is 8.93. The van der Waals surface area contributed by atoms with Crippen molar-refractivity contribution in [1.82, 2.24) is 19.9 Å². The van der Waals surface area contributed by atoms with E-state index < -0.39 is 0 Å². The van der Waals surface area contributed by atoms with Gasteiger partial charge in [0.2, 0.25) is 0 Å². The number of likely N-dealkylation sites (tertiary alicyclic amines) is 1. The van der Waals surface area contributed by atoms with Crippen molar-refractivity contribution in [3.05, 3.63) is 58.4 Å². The molecule has 0 bridgehead atoms. The Morgan fingerprint density at radius 3 is 3.08 bits per heavy atom. The molecule has 1 atom stereocenters. The predicted octanol–water partition coefficient (Wildman–Crippen LogP) is 3.82. The van der Waals surface area contributed by atoms with E-state index in [-0.39, 0.29) is 11.9 Å². The third kappa shape index (κ3) is 2.73. The van der Waals surface area contributed by atoms with Crippen LogP contribution in [0.5, 0.6) is 0 Å². The lowest BCUT2D eigenvalue weighted by Crippen LogP contribution is -2.31. The number of nitrogens with one attached hydrogen (secondary N) is 1. The second kappa shape index (κ2) is 6.20. The Morgan fingerprint density at radius 1 is 1.42 bits per heavy atom. The Morgan fingerprint density at radius 2 is 2.33 bits per heavy atom. The molecule has 1 saturated heterocycles. The number of amides is 1. The number of H-pyrrole nitrogens is 1. The molecule has 3 aromatic rings. The second-order valence-electron chi connectivity index (χ2n) is 5.96. The number of hydrogen-bond donors (Lipinski definition) is 1. The molecule has 3 aromatic heterocycles. The fourth-order valence-corrected chi connectivity index (χ4v) is 3.83. The minimum atomic E-state index is 0.0290. The quantitative estimate of drug-likeness (QED) is 0.790. The molecule has 1 aliphatic heterocycles. The van der Waals surface area contributed by atoms with E-state index in [1.165, 1.54) is 0 Å². The van der Waals surface area contributed by atoms with E-state index in [4.69, 9.17) is 0 Å². The zero-order valence-electron chi connectivity index (χ0n) is 13.4. The highest BCUT2D eigenvalue weighted by Gasteiger charge is 2.32. The summed E-state index contributed by atoms with van der Waals surface area (Å²) in [5.41, 5.74) is 3.44. The first-order valence-electron chi connectivity index (χ1n) is 8.05. The van der Waals surface area contributed by atoms with E-state index in [1.54, 1.807) is 17.5 Å². The molecule has 122 valence electrons. The summed E-state index contributed by atoms with van der Waals surface area (Å²) in [4.78, 5) is 26.9. The largest absolute Gasteiger partial charge is 0.357 e. The normalized spacial score (nSPS) is 17.4. The lowest BCUT2D eigenvalue weighted by molar-refractivity contribution is 0.0727. The molecule has 0 spiro atoms. The summed E-state index contributed by atoms with van der Waals surface area (Å²) >= 11 is 1.61. The van der Waals surface area contributed by atoms with Crippen LogP contribution >= 0.6 is 11.3 Å². The summed E-state index contributed by atoms with van der Waals surface area (Å²) < 4.78 is 0. The van der Waals surface area contributed by atoms with Crippen LogP contribution in [0.15, 0.2) is 42.0 Å². The highest BCUT2D eigenvalue weighted by Crippen LogP contribution is 2.32. The lowest BCUT2D eigenvalue weighted by atomic mass is 10.1. The lowest BCUT2D eigenvalue weighted by Gasteiger charge is -2.23. The van der Waals surface area contributed by atoms with Gasteiger partial charge in [0.15, 0.2) is 0 Å². The molecule has 0 radical (unpaired) electrons. The monoisotopic (exact) mass is 338 g/mol. The fraction of sp³-hybridized carbons (Fsp3) is 0.278. The van der Waals surface area contributed by atoms with E-state index >= 15 is 0 Å². The van der Waals surface area contributed by atoms with Crippen molar-refractivity contribution in [2.24, 2.45) is 0 Å². The van der Waals surface area contributed by atoms with Gasteiger partial charge in [0, 0.05) is 29.9 Å². The van der Waals surface area contributed by atoms with Crippen LogP contribution in [0.25, 0.3) is 11.3 Å². The van der Waals surface area contributed by atoms with Gasteiger partial charge in [0.05, 0.1) is 22.4 Å². The van der Waals surface area contributed by atoms with Crippen LogP contribution in [0.4, 0.5) is 0 Å². The van der Waals surface area contributed by atoms with E-state index in [9.17, 15) is 4.79 Å². The number of pyridine rings is 1. The van der Waals surface area contributed by atoms with Gasteiger partial charge in [-0.1, -0.05) is 6.07 Å². The molecule has 4 rings (SSSR count). The van der Waals surface area contributed by atoms with Crippen molar-refractivity contribution >= 4 is 17.2 Å². The molecule has 0 saturated carbocycles. The fourth-order valence-electron chi connectivity index (χ4n) is 3.21. The molecule has 6 heteroatoms. The molecule has 1 amide bonds. The standard InChI is InChI=1S/C18H18N4OS/c1-12-21-16(11-24-12)13-9-15(20-10-13)18(23)22-8-4-6-17(22)14-5-2-3-7-19-14/h2-3,5,7,9-11,17,20H,4,6,8H2,1H3/t17-/m0/s1. The topological polar surface area (TPSA) is 61.9 Å². The number of hydrogen-bond acceptors (Lipinski definition) is 4. The molecule has 1 aliphatic rings. The summed E-state index contributed by atoms with van der Waals surface area (Å²) in [6.07, 6.45) is 5.61. The highest BCUT2D eigenvalue weighted by molar-refractivity contribution is 7.09. The van der Waals surface area contributed by atoms with Gasteiger partial charge < -0.3 is 9.88 Å². The van der Waals surface area contributed by atoms with Crippen LogP contribution in [-0.4, -0.2) is 32.3 Å². The molecule has 0 aliphatic carbocycles. The van der Waals surface area contributed by atoms with Crippen LogP contribution in [0.2, 0.25) is 0 Å². The molecule has 0 unspecified atom stereocenters. The number of aryl methyl sites for hydroxylation is 1. The number of aromatic amines is 1. The molecule has 4 heterocycles. The molecule has 5 nitrogen and oxygen atoms in total. The third-order valence-corrected chi connectivity index (χ3v) is 5.14. The maximum Gasteiger partial charge on any atom is 0.270 e. The minimum absolute atomic E-state index is 0.0290. The summed E-state index contributed by atoms with van der Waals surface area (Å²) in [6.45, 7) is 2.75. The van der Waals surface area contributed by atoms with E-state index in [2.05, 4.69) is 15.0 Å². The van der Waals surface area contributed by atoms with Crippen LogP contribution in [-0.2, 0) is 0 Å². The summed E-state index contributed by atoms with van der Waals surface area (Å²) in [5.74, 6) is 0.0290. The van der Waals surface area contributed by atoms with Crippen LogP contribution in [0.3, 0.4) is 0 Å². The van der Waals surface area contributed by atoms with Crippen LogP contribution in [0, 0.1) is 6.92 Å². The maximum absolute atomic E-state index is 12.9. The zero-order chi connectivity index (χ0) is 16.5. The van der Waals surface area contributed by atoms with Crippen molar-refractivity contribution < 1.29 is 4.79 Å². The molecule has 24 heavy (non-hydrogen) atoms. The Bertz CT molecular complexity index is 855. The van der Waals surface area contributed by atoms with Gasteiger partial charge >= 0.3 is 0 Å². The number of thiazole rings is 1. The van der Waals surface area contributed by atoms with Gasteiger partial charge in [-0.15, -0.1) is 11.3 Å². The van der Waals surface area contributed by atoms with Gasteiger partial charge in [-0.2, -0.15) is 0 Å². The van der Waals surface area contributed by atoms with Gasteiger partial charge in [0.1, 0.15) is 5.69 Å². The predicted molar refractivity (Wildman–Crippen MR) is 93.9 cm³/mol. The Balaban J connectivity index is 1.58. The average molecular weight is 338 g/mol. The van der Waals surface area contributed by atoms with E-state index in [1.807, 2.05) is 47.7 Å². The van der Waals surface area contributed by atoms with Gasteiger partial charge in [-0.05, 0) is 38.0 Å². The molecule has 1 N–H and O–H groups in total. The summed E-state index contributed by atoms with van der Waals surface area (Å²) in [5, 5.41) is 3.04. The van der Waals surface area contributed by atoms with E-state index in [0.717, 1.165) is 41.3 Å². The van der Waals surface area contributed by atoms with Gasteiger partial charge in [-0.25, -0.2) is 4.98 Å². The number of carbonyl (C=O) groups excluding carboxylic acids is 1. The van der Waals surface area contributed by atoms with Gasteiger partial charge in [0.25, 0.3) is 5.91 Å². The van der Waals surface area contributed by atoms with E-state index in [0.29, 0.717) is 5.69 Å². The number of rotatable bonds is 3. The first-order chi connectivity index (χ1) is 11.7. The zero-order valence-corrected chi connectivity index (χ0v) is 14.2. The maximum atomic E-state index is 12.9.